The van der Waals surface area contributed by atoms with E-state index < -0.39 is 40.6 Å². The van der Waals surface area contributed by atoms with E-state index in [0.717, 1.165) is 12.1 Å². The van der Waals surface area contributed by atoms with E-state index in [1.165, 1.54) is 23.1 Å². The van der Waals surface area contributed by atoms with Gasteiger partial charge in [-0.2, -0.15) is 13.2 Å². The Balaban J connectivity index is 2.11. The summed E-state index contributed by atoms with van der Waals surface area (Å²) in [5, 5.41) is 13.1. The quantitative estimate of drug-likeness (QED) is 0.580. The minimum absolute atomic E-state index is 0.256. The largest absolute Gasteiger partial charge is 0.483 e. The summed E-state index contributed by atoms with van der Waals surface area (Å²) in [4.78, 5) is 35.0. The van der Waals surface area contributed by atoms with E-state index in [0.29, 0.717) is 11.6 Å². The first kappa shape index (κ1) is 21.7. The Morgan fingerprint density at radius 2 is 1.86 bits per heavy atom. The molecule has 0 radical (unpaired) electrons. The highest BCUT2D eigenvalue weighted by Gasteiger charge is 2.36. The van der Waals surface area contributed by atoms with Crippen molar-refractivity contribution >= 4 is 23.2 Å². The van der Waals surface area contributed by atoms with Crippen LogP contribution in [-0.2, 0) is 11.0 Å². The normalized spacial score (nSPS) is 10.9. The number of anilines is 1. The van der Waals surface area contributed by atoms with Crippen LogP contribution in [0.2, 0.25) is 0 Å². The molecule has 154 valence electrons. The molecule has 29 heavy (non-hydrogen) atoms. The third kappa shape index (κ3) is 5.67. The van der Waals surface area contributed by atoms with Gasteiger partial charge in [0, 0.05) is 37.5 Å². The molecule has 0 fully saturated rings. The number of nitro groups is 1. The average molecular weight is 411 g/mol. The van der Waals surface area contributed by atoms with Crippen LogP contribution in [0.3, 0.4) is 0 Å². The van der Waals surface area contributed by atoms with Crippen LogP contribution in [0.15, 0.2) is 42.5 Å². The minimum atomic E-state index is -4.90. The molecule has 0 aromatic heterocycles. The molecule has 0 saturated heterocycles. The lowest BCUT2D eigenvalue weighted by Crippen LogP contribution is -2.23. The van der Waals surface area contributed by atoms with E-state index in [4.69, 9.17) is 4.74 Å². The number of nitro benzene ring substituents is 1. The fourth-order valence-corrected chi connectivity index (χ4v) is 2.31. The second kappa shape index (κ2) is 8.59. The summed E-state index contributed by atoms with van der Waals surface area (Å²) in [6, 6.07) is 7.95. The van der Waals surface area contributed by atoms with E-state index in [9.17, 15) is 32.9 Å². The predicted molar refractivity (Wildman–Crippen MR) is 96.7 cm³/mol. The lowest BCUT2D eigenvalue weighted by molar-refractivity contribution is -0.385. The standard InChI is InChI=1S/C18H16F3N3O5/c1-23(2)17(26)11-4-3-5-12(8-11)22-16(25)10-29-15-7-6-13(24(27)28)9-14(15)18(19,20)21/h3-9H,10H2,1-2H3,(H,22,25). The van der Waals surface area contributed by atoms with Gasteiger partial charge in [0.05, 0.1) is 4.92 Å². The molecule has 8 nitrogen and oxygen atoms in total. The molecule has 0 aliphatic rings. The number of halogens is 3. The Labute approximate surface area is 163 Å². The molecular weight excluding hydrogens is 395 g/mol. The summed E-state index contributed by atoms with van der Waals surface area (Å²) in [7, 11) is 3.12. The second-order valence-electron chi connectivity index (χ2n) is 6.05. The van der Waals surface area contributed by atoms with Crippen molar-refractivity contribution in [1.82, 2.24) is 4.90 Å². The van der Waals surface area contributed by atoms with Crippen LogP contribution >= 0.6 is 0 Å². The fourth-order valence-electron chi connectivity index (χ4n) is 2.31. The second-order valence-corrected chi connectivity index (χ2v) is 6.05. The smallest absolute Gasteiger partial charge is 0.420 e. The first-order chi connectivity index (χ1) is 13.5. The number of amides is 2. The molecule has 0 unspecified atom stereocenters. The Morgan fingerprint density at radius 1 is 1.17 bits per heavy atom. The Kier molecular flexibility index (Phi) is 6.42. The molecule has 0 aliphatic heterocycles. The fraction of sp³-hybridized carbons (Fsp3) is 0.222. The number of ether oxygens (including phenoxy) is 1. The maximum atomic E-state index is 13.1. The highest BCUT2D eigenvalue weighted by molar-refractivity contribution is 5.97. The summed E-state index contributed by atoms with van der Waals surface area (Å²) in [5.41, 5.74) is -1.55. The molecule has 0 saturated carbocycles. The first-order valence-electron chi connectivity index (χ1n) is 8.09. The van der Waals surface area contributed by atoms with Gasteiger partial charge in [0.25, 0.3) is 17.5 Å². The maximum Gasteiger partial charge on any atom is 0.420 e. The van der Waals surface area contributed by atoms with Gasteiger partial charge in [-0.05, 0) is 24.3 Å². The summed E-state index contributed by atoms with van der Waals surface area (Å²) >= 11 is 0. The highest BCUT2D eigenvalue weighted by atomic mass is 19.4. The molecule has 0 heterocycles. The van der Waals surface area contributed by atoms with Crippen molar-refractivity contribution in [3.63, 3.8) is 0 Å². The molecule has 1 N–H and O–H groups in total. The molecule has 0 bridgehead atoms. The van der Waals surface area contributed by atoms with Gasteiger partial charge in [-0.3, -0.25) is 19.7 Å². The lowest BCUT2D eigenvalue weighted by Gasteiger charge is -2.14. The number of rotatable bonds is 6. The summed E-state index contributed by atoms with van der Waals surface area (Å²) in [6.07, 6.45) is -4.90. The zero-order valence-corrected chi connectivity index (χ0v) is 15.3. The molecule has 0 aliphatic carbocycles. The Bertz CT molecular complexity index is 945. The first-order valence-corrected chi connectivity index (χ1v) is 8.09. The lowest BCUT2D eigenvalue weighted by atomic mass is 10.1. The van der Waals surface area contributed by atoms with Crippen LogP contribution in [0, 0.1) is 10.1 Å². The maximum absolute atomic E-state index is 13.1. The van der Waals surface area contributed by atoms with E-state index in [1.54, 1.807) is 20.2 Å². The summed E-state index contributed by atoms with van der Waals surface area (Å²) in [6.45, 7) is -0.771. The van der Waals surface area contributed by atoms with Gasteiger partial charge in [-0.25, -0.2) is 0 Å². The van der Waals surface area contributed by atoms with Crippen molar-refractivity contribution in [1.29, 1.82) is 0 Å². The van der Waals surface area contributed by atoms with Crippen molar-refractivity contribution in [2.75, 3.05) is 26.0 Å². The number of hydrogen-bond donors (Lipinski definition) is 1. The van der Waals surface area contributed by atoms with Crippen LogP contribution in [0.25, 0.3) is 0 Å². The summed E-state index contributed by atoms with van der Waals surface area (Å²) in [5.74, 6) is -1.78. The Hall–Kier alpha value is -3.63. The third-order valence-electron chi connectivity index (χ3n) is 3.64. The van der Waals surface area contributed by atoms with Gasteiger partial charge >= 0.3 is 6.18 Å². The van der Waals surface area contributed by atoms with E-state index in [1.807, 2.05) is 0 Å². The van der Waals surface area contributed by atoms with E-state index in [-0.39, 0.29) is 11.6 Å². The van der Waals surface area contributed by atoms with Crippen molar-refractivity contribution in [2.45, 2.75) is 6.18 Å². The van der Waals surface area contributed by atoms with Crippen molar-refractivity contribution in [2.24, 2.45) is 0 Å². The number of carbonyl (C=O) groups is 2. The van der Waals surface area contributed by atoms with Crippen LogP contribution in [0.5, 0.6) is 5.75 Å². The number of non-ortho nitro benzene ring substituents is 1. The predicted octanol–water partition coefficient (Wildman–Crippen LogP) is 3.33. The van der Waals surface area contributed by atoms with Gasteiger partial charge in [0.1, 0.15) is 11.3 Å². The van der Waals surface area contributed by atoms with Crippen LogP contribution in [0.1, 0.15) is 15.9 Å². The van der Waals surface area contributed by atoms with Gasteiger partial charge in [-0.15, -0.1) is 0 Å². The molecule has 0 atom stereocenters. The molecule has 2 amide bonds. The highest BCUT2D eigenvalue weighted by Crippen LogP contribution is 2.38. The van der Waals surface area contributed by atoms with Crippen LogP contribution in [-0.4, -0.2) is 42.3 Å². The average Bonchev–Trinajstić information content (AvgIpc) is 2.64. The van der Waals surface area contributed by atoms with E-state index in [2.05, 4.69) is 5.32 Å². The monoisotopic (exact) mass is 411 g/mol. The number of benzene rings is 2. The zero-order chi connectivity index (χ0) is 21.8. The molecule has 0 spiro atoms. The Morgan fingerprint density at radius 3 is 2.45 bits per heavy atom. The van der Waals surface area contributed by atoms with Gasteiger partial charge in [0.2, 0.25) is 0 Å². The van der Waals surface area contributed by atoms with Crippen LogP contribution in [0.4, 0.5) is 24.5 Å². The molecule has 11 heteroatoms. The van der Waals surface area contributed by atoms with Gasteiger partial charge in [-0.1, -0.05) is 6.07 Å². The van der Waals surface area contributed by atoms with Crippen molar-refractivity contribution in [3.05, 3.63) is 63.7 Å². The minimum Gasteiger partial charge on any atom is -0.483 e. The number of nitrogens with one attached hydrogen (secondary N) is 1. The topological polar surface area (TPSA) is 102 Å². The van der Waals surface area contributed by atoms with Crippen molar-refractivity contribution in [3.8, 4) is 5.75 Å². The molecule has 2 aromatic rings. The SMILES string of the molecule is CN(C)C(=O)c1cccc(NC(=O)COc2ccc([N+](=O)[O-])cc2C(F)(F)F)c1. The third-order valence-corrected chi connectivity index (χ3v) is 3.64. The van der Waals surface area contributed by atoms with Crippen LogP contribution < -0.4 is 10.1 Å². The van der Waals surface area contributed by atoms with E-state index >= 15 is 0 Å². The number of hydrogen-bond acceptors (Lipinski definition) is 5. The number of alkyl halides is 3. The molecular formula is C18H16F3N3O5. The zero-order valence-electron chi connectivity index (χ0n) is 15.3. The number of carbonyl (C=O) groups excluding carboxylic acids is 2. The van der Waals surface area contributed by atoms with Gasteiger partial charge < -0.3 is 15.0 Å². The van der Waals surface area contributed by atoms with Crippen molar-refractivity contribution < 1.29 is 32.4 Å². The number of nitrogens with zero attached hydrogens (tertiary/aromatic N) is 2. The molecule has 2 aromatic carbocycles. The molecule has 2 rings (SSSR count). The summed E-state index contributed by atoms with van der Waals surface area (Å²) < 4.78 is 44.2. The van der Waals surface area contributed by atoms with Gasteiger partial charge in [0.15, 0.2) is 6.61 Å².